The minimum Gasteiger partial charge on any atom is -0.300 e. The van der Waals surface area contributed by atoms with Crippen molar-refractivity contribution in [1.82, 2.24) is 14.5 Å². The van der Waals surface area contributed by atoms with Crippen molar-refractivity contribution < 1.29 is 13.2 Å². The van der Waals surface area contributed by atoms with Crippen LogP contribution in [0.25, 0.3) is 0 Å². The zero-order chi connectivity index (χ0) is 14.6. The lowest BCUT2D eigenvalue weighted by Crippen LogP contribution is -2.30. The summed E-state index contributed by atoms with van der Waals surface area (Å²) in [6.07, 6.45) is 0. The van der Waals surface area contributed by atoms with E-state index in [-0.39, 0.29) is 21.3 Å². The number of nitrogens with zero attached hydrogens (tertiary/aromatic N) is 3. The Morgan fingerprint density at radius 3 is 2.37 bits per heavy atom. The second-order valence-corrected chi connectivity index (χ2v) is 7.20. The van der Waals surface area contributed by atoms with Gasteiger partial charge in [-0.15, -0.1) is 10.2 Å². The minimum atomic E-state index is -3.61. The van der Waals surface area contributed by atoms with Crippen LogP contribution in [-0.2, 0) is 14.8 Å². The fraction of sp³-hybridized carbons (Fsp3) is 0.700. The third-order valence-corrected chi connectivity index (χ3v) is 5.66. The topological polar surface area (TPSA) is 92.3 Å². The molecular formula is C10H18N4O3S2. The Morgan fingerprint density at radius 1 is 1.32 bits per heavy atom. The average molecular weight is 306 g/mol. The number of hydrogen-bond acceptors (Lipinski definition) is 6. The number of carbonyl (C=O) groups excluding carboxylic acids is 1. The first-order valence-electron chi connectivity index (χ1n) is 5.97. The molecule has 1 N–H and O–H groups in total. The predicted molar refractivity (Wildman–Crippen MR) is 73.5 cm³/mol. The summed E-state index contributed by atoms with van der Waals surface area (Å²) < 4.78 is 25.5. The minimum absolute atomic E-state index is 0.102. The third kappa shape index (κ3) is 3.71. The molecule has 0 radical (unpaired) electrons. The molecule has 0 bridgehead atoms. The van der Waals surface area contributed by atoms with Gasteiger partial charge in [-0.05, 0) is 0 Å². The van der Waals surface area contributed by atoms with E-state index in [1.54, 1.807) is 27.7 Å². The summed E-state index contributed by atoms with van der Waals surface area (Å²) in [6, 6.07) is 0. The quantitative estimate of drug-likeness (QED) is 0.796. The maximum atomic E-state index is 12.1. The first kappa shape index (κ1) is 16.0. The van der Waals surface area contributed by atoms with Crippen molar-refractivity contribution in [3.8, 4) is 0 Å². The molecule has 0 spiro atoms. The van der Waals surface area contributed by atoms with Gasteiger partial charge in [-0.2, -0.15) is 4.31 Å². The molecule has 108 valence electrons. The average Bonchev–Trinajstić information content (AvgIpc) is 2.79. The largest absolute Gasteiger partial charge is 0.300 e. The molecular weight excluding hydrogens is 288 g/mol. The molecule has 19 heavy (non-hydrogen) atoms. The molecule has 1 heterocycles. The molecule has 0 aliphatic carbocycles. The normalized spacial score (nSPS) is 12.1. The van der Waals surface area contributed by atoms with Crippen LogP contribution in [0, 0.1) is 5.92 Å². The summed E-state index contributed by atoms with van der Waals surface area (Å²) >= 11 is 0.861. The van der Waals surface area contributed by atoms with Gasteiger partial charge in [0.05, 0.1) is 0 Å². The fourth-order valence-corrected chi connectivity index (χ4v) is 3.79. The molecule has 0 atom stereocenters. The number of nitrogens with one attached hydrogen (secondary N) is 1. The van der Waals surface area contributed by atoms with Crippen LogP contribution >= 0.6 is 11.3 Å². The van der Waals surface area contributed by atoms with Crippen LogP contribution in [-0.4, -0.2) is 41.9 Å². The van der Waals surface area contributed by atoms with Gasteiger partial charge < -0.3 is 5.32 Å². The zero-order valence-corrected chi connectivity index (χ0v) is 13.0. The second-order valence-electron chi connectivity index (χ2n) is 4.11. The second kappa shape index (κ2) is 6.40. The van der Waals surface area contributed by atoms with Crippen molar-refractivity contribution in [2.45, 2.75) is 32.0 Å². The summed E-state index contributed by atoms with van der Waals surface area (Å²) in [6.45, 7) is 7.72. The van der Waals surface area contributed by atoms with Crippen LogP contribution in [0.3, 0.4) is 0 Å². The van der Waals surface area contributed by atoms with E-state index in [1.165, 1.54) is 4.31 Å². The molecule has 0 aromatic carbocycles. The van der Waals surface area contributed by atoms with Crippen molar-refractivity contribution in [1.29, 1.82) is 0 Å². The van der Waals surface area contributed by atoms with Gasteiger partial charge >= 0.3 is 0 Å². The monoisotopic (exact) mass is 306 g/mol. The lowest BCUT2D eigenvalue weighted by Gasteiger charge is -2.15. The highest BCUT2D eigenvalue weighted by molar-refractivity contribution is 7.91. The lowest BCUT2D eigenvalue weighted by atomic mass is 10.2. The van der Waals surface area contributed by atoms with Gasteiger partial charge in [-0.3, -0.25) is 4.79 Å². The van der Waals surface area contributed by atoms with E-state index >= 15 is 0 Å². The number of hydrogen-bond donors (Lipinski definition) is 1. The van der Waals surface area contributed by atoms with Gasteiger partial charge in [0, 0.05) is 19.0 Å². The summed E-state index contributed by atoms with van der Waals surface area (Å²) in [5, 5.41) is 10.1. The van der Waals surface area contributed by atoms with Crippen LogP contribution in [0.15, 0.2) is 4.34 Å². The molecule has 1 rings (SSSR count). The van der Waals surface area contributed by atoms with Gasteiger partial charge in [-0.1, -0.05) is 39.0 Å². The Kier molecular flexibility index (Phi) is 5.39. The van der Waals surface area contributed by atoms with Crippen LogP contribution in [0.2, 0.25) is 0 Å². The van der Waals surface area contributed by atoms with Gasteiger partial charge in [0.25, 0.3) is 10.0 Å². The molecule has 0 unspecified atom stereocenters. The molecule has 1 aromatic rings. The molecule has 0 saturated carbocycles. The number of sulfonamides is 1. The highest BCUT2D eigenvalue weighted by Crippen LogP contribution is 2.23. The van der Waals surface area contributed by atoms with Crippen LogP contribution in [0.4, 0.5) is 5.13 Å². The lowest BCUT2D eigenvalue weighted by molar-refractivity contribution is -0.118. The summed E-state index contributed by atoms with van der Waals surface area (Å²) in [4.78, 5) is 11.5. The van der Waals surface area contributed by atoms with E-state index in [2.05, 4.69) is 15.5 Å². The summed E-state index contributed by atoms with van der Waals surface area (Å²) in [5.41, 5.74) is 0. The van der Waals surface area contributed by atoms with Gasteiger partial charge in [-0.25, -0.2) is 8.42 Å². The maximum absolute atomic E-state index is 12.1. The van der Waals surface area contributed by atoms with Crippen LogP contribution in [0.1, 0.15) is 27.7 Å². The zero-order valence-electron chi connectivity index (χ0n) is 11.4. The first-order valence-corrected chi connectivity index (χ1v) is 8.23. The van der Waals surface area contributed by atoms with E-state index in [0.717, 1.165) is 11.3 Å². The fourth-order valence-electron chi connectivity index (χ4n) is 1.29. The smallest absolute Gasteiger partial charge is 0.272 e. The van der Waals surface area contributed by atoms with E-state index < -0.39 is 10.0 Å². The van der Waals surface area contributed by atoms with Gasteiger partial charge in [0.2, 0.25) is 15.4 Å². The maximum Gasteiger partial charge on any atom is 0.272 e. The molecule has 1 aromatic heterocycles. The standard InChI is InChI=1S/C10H18N4O3S2/c1-5-14(6-2)19(16,17)10-13-12-9(18-10)11-8(15)7(3)4/h7H,5-6H2,1-4H3,(H,11,12,15). The number of rotatable bonds is 6. The van der Waals surface area contributed by atoms with E-state index in [4.69, 9.17) is 0 Å². The molecule has 9 heteroatoms. The Labute approximate surface area is 117 Å². The SMILES string of the molecule is CCN(CC)S(=O)(=O)c1nnc(NC(=O)C(C)C)s1. The highest BCUT2D eigenvalue weighted by atomic mass is 32.2. The number of anilines is 1. The highest BCUT2D eigenvalue weighted by Gasteiger charge is 2.26. The van der Waals surface area contributed by atoms with Gasteiger partial charge in [0.1, 0.15) is 0 Å². The molecule has 0 saturated heterocycles. The van der Waals surface area contributed by atoms with E-state index in [1.807, 2.05) is 0 Å². The van der Waals surface area contributed by atoms with Crippen molar-refractivity contribution in [3.63, 3.8) is 0 Å². The summed E-state index contributed by atoms with van der Waals surface area (Å²) in [5.74, 6) is -0.422. The molecule has 0 aliphatic rings. The predicted octanol–water partition coefficient (Wildman–Crippen LogP) is 1.16. The van der Waals surface area contributed by atoms with Crippen molar-refractivity contribution in [2.75, 3.05) is 18.4 Å². The van der Waals surface area contributed by atoms with Crippen molar-refractivity contribution in [3.05, 3.63) is 0 Å². The Balaban J connectivity index is 2.94. The number of carbonyl (C=O) groups is 1. The molecule has 1 amide bonds. The Morgan fingerprint density at radius 2 is 1.89 bits per heavy atom. The van der Waals surface area contributed by atoms with Crippen molar-refractivity contribution >= 4 is 32.4 Å². The van der Waals surface area contributed by atoms with Crippen LogP contribution < -0.4 is 5.32 Å². The van der Waals surface area contributed by atoms with E-state index in [0.29, 0.717) is 13.1 Å². The Bertz CT molecular complexity index is 535. The van der Waals surface area contributed by atoms with Gasteiger partial charge in [0.15, 0.2) is 0 Å². The molecule has 0 aliphatic heterocycles. The van der Waals surface area contributed by atoms with Crippen LogP contribution in [0.5, 0.6) is 0 Å². The number of amides is 1. The Hall–Kier alpha value is -1.06. The van der Waals surface area contributed by atoms with E-state index in [9.17, 15) is 13.2 Å². The third-order valence-electron chi connectivity index (χ3n) is 2.43. The number of aromatic nitrogens is 2. The van der Waals surface area contributed by atoms with Crippen molar-refractivity contribution in [2.24, 2.45) is 5.92 Å². The molecule has 7 nitrogen and oxygen atoms in total. The molecule has 0 fully saturated rings. The first-order chi connectivity index (χ1) is 8.82. The summed E-state index contributed by atoms with van der Waals surface area (Å²) in [7, 11) is -3.61.